The first-order valence-electron chi connectivity index (χ1n) is 12.0. The van der Waals surface area contributed by atoms with Crippen LogP contribution < -0.4 is 11.1 Å². The van der Waals surface area contributed by atoms with Gasteiger partial charge in [0.1, 0.15) is 0 Å². The first-order valence-corrected chi connectivity index (χ1v) is 14.7. The third-order valence-electron chi connectivity index (χ3n) is 6.80. The maximum absolute atomic E-state index is 13.7. The molecule has 6 rings (SSSR count). The molecule has 4 aromatic rings. The Kier molecular flexibility index (Phi) is 6.56. The number of halogens is 1. The van der Waals surface area contributed by atoms with Crippen molar-refractivity contribution in [2.45, 2.75) is 30.3 Å². The van der Waals surface area contributed by atoms with Gasteiger partial charge >= 0.3 is 5.76 Å². The van der Waals surface area contributed by atoms with Gasteiger partial charge in [-0.05, 0) is 35.0 Å². The molecule has 0 radical (unpaired) electrons. The molecule has 1 saturated heterocycles. The fourth-order valence-electron chi connectivity index (χ4n) is 4.88. The number of rotatable bonds is 5. The van der Waals surface area contributed by atoms with E-state index < -0.39 is 21.8 Å². The minimum Gasteiger partial charge on any atom is -0.392 e. The van der Waals surface area contributed by atoms with Crippen LogP contribution in [0, 0.1) is 0 Å². The Morgan fingerprint density at radius 1 is 1.18 bits per heavy atom. The SMILES string of the molecule is O=C(c1nc2c(s1)CNCC2)N1CCN(S(=O)(=O)c2ccc3cc(Cl)ccc3c2)CC1Cc1n[nH]c(=O)o1. The van der Waals surface area contributed by atoms with Crippen LogP contribution in [0.25, 0.3) is 10.8 Å². The molecule has 2 aromatic carbocycles. The fraction of sp³-hybridized carbons (Fsp3) is 0.333. The number of H-pyrrole nitrogens is 1. The molecule has 2 aliphatic rings. The van der Waals surface area contributed by atoms with Crippen LogP contribution in [0.4, 0.5) is 0 Å². The lowest BCUT2D eigenvalue weighted by Crippen LogP contribution is -2.57. The Morgan fingerprint density at radius 3 is 2.79 bits per heavy atom. The Labute approximate surface area is 226 Å². The molecule has 1 fully saturated rings. The topological polar surface area (TPSA) is 142 Å². The molecule has 198 valence electrons. The van der Waals surface area contributed by atoms with E-state index in [2.05, 4.69) is 20.5 Å². The molecular formula is C24H23ClN6O5S2. The molecule has 0 spiro atoms. The lowest BCUT2D eigenvalue weighted by atomic mass is 10.1. The van der Waals surface area contributed by atoms with Crippen molar-refractivity contribution < 1.29 is 17.6 Å². The Balaban J connectivity index is 1.29. The second-order valence-electron chi connectivity index (χ2n) is 9.20. The average molecular weight is 575 g/mol. The molecule has 38 heavy (non-hydrogen) atoms. The van der Waals surface area contributed by atoms with Crippen LogP contribution in [0.15, 0.2) is 50.5 Å². The highest BCUT2D eigenvalue weighted by Crippen LogP contribution is 2.28. The van der Waals surface area contributed by atoms with Gasteiger partial charge < -0.3 is 14.6 Å². The monoisotopic (exact) mass is 574 g/mol. The zero-order chi connectivity index (χ0) is 26.4. The van der Waals surface area contributed by atoms with Crippen molar-refractivity contribution in [2.75, 3.05) is 26.2 Å². The van der Waals surface area contributed by atoms with Crippen LogP contribution in [0.5, 0.6) is 0 Å². The molecule has 0 aliphatic carbocycles. The summed E-state index contributed by atoms with van der Waals surface area (Å²) in [5, 5.41) is 11.9. The molecule has 2 aliphatic heterocycles. The molecule has 2 N–H and O–H groups in total. The number of benzene rings is 2. The van der Waals surface area contributed by atoms with Crippen molar-refractivity contribution in [3.05, 3.63) is 73.4 Å². The standard InChI is InChI=1S/C24H23ClN6O5S2/c25-16-3-1-15-10-18(4-2-14(15)9-16)38(34,35)30-7-8-31(17(13-30)11-21-28-29-24(33)36-21)23(32)22-27-19-5-6-26-12-20(19)37-22/h1-4,9-10,17,26H,5-8,11-13H2,(H,29,33). The van der Waals surface area contributed by atoms with Gasteiger partial charge in [-0.2, -0.15) is 4.31 Å². The summed E-state index contributed by atoms with van der Waals surface area (Å²) in [5.41, 5.74) is 0.922. The summed E-state index contributed by atoms with van der Waals surface area (Å²) in [6, 6.07) is 9.55. The van der Waals surface area contributed by atoms with E-state index in [1.54, 1.807) is 41.3 Å². The van der Waals surface area contributed by atoms with E-state index in [0.29, 0.717) is 16.6 Å². The zero-order valence-corrected chi connectivity index (χ0v) is 22.4. The summed E-state index contributed by atoms with van der Waals surface area (Å²) < 4.78 is 33.8. The molecule has 1 unspecified atom stereocenters. The molecule has 1 amide bonds. The number of nitrogens with one attached hydrogen (secondary N) is 2. The first-order chi connectivity index (χ1) is 18.3. The number of aromatic amines is 1. The quantitative estimate of drug-likeness (QED) is 0.369. The van der Waals surface area contributed by atoms with Crippen LogP contribution in [-0.2, 0) is 29.4 Å². The van der Waals surface area contributed by atoms with Crippen molar-refractivity contribution >= 4 is 49.6 Å². The van der Waals surface area contributed by atoms with Gasteiger partial charge in [0.15, 0.2) is 5.01 Å². The molecule has 14 heteroatoms. The summed E-state index contributed by atoms with van der Waals surface area (Å²) in [4.78, 5) is 32.5. The Bertz CT molecular complexity index is 1670. The van der Waals surface area contributed by atoms with Gasteiger partial charge in [-0.1, -0.05) is 23.7 Å². The molecule has 11 nitrogen and oxygen atoms in total. The smallest absolute Gasteiger partial charge is 0.392 e. The number of fused-ring (bicyclic) bond motifs is 2. The van der Waals surface area contributed by atoms with Crippen molar-refractivity contribution in [3.8, 4) is 0 Å². The molecule has 2 aromatic heterocycles. The van der Waals surface area contributed by atoms with Crippen molar-refractivity contribution in [1.29, 1.82) is 0 Å². The van der Waals surface area contributed by atoms with Crippen LogP contribution in [0.3, 0.4) is 0 Å². The van der Waals surface area contributed by atoms with E-state index >= 15 is 0 Å². The van der Waals surface area contributed by atoms with E-state index in [9.17, 15) is 18.0 Å². The van der Waals surface area contributed by atoms with E-state index in [1.165, 1.54) is 15.6 Å². The highest BCUT2D eigenvalue weighted by Gasteiger charge is 2.38. The van der Waals surface area contributed by atoms with Gasteiger partial charge in [-0.15, -0.1) is 16.4 Å². The van der Waals surface area contributed by atoms with E-state index in [-0.39, 0.29) is 42.7 Å². The summed E-state index contributed by atoms with van der Waals surface area (Å²) in [7, 11) is -3.88. The van der Waals surface area contributed by atoms with E-state index in [4.69, 9.17) is 16.0 Å². The highest BCUT2D eigenvalue weighted by molar-refractivity contribution is 7.89. The largest absolute Gasteiger partial charge is 0.434 e. The number of carbonyl (C=O) groups excluding carboxylic acids is 1. The second kappa shape index (κ2) is 9.89. The number of aromatic nitrogens is 3. The number of sulfonamides is 1. The van der Waals surface area contributed by atoms with Gasteiger partial charge in [0.25, 0.3) is 5.91 Å². The minimum atomic E-state index is -3.88. The summed E-state index contributed by atoms with van der Waals surface area (Å²) in [6.45, 7) is 1.76. The summed E-state index contributed by atoms with van der Waals surface area (Å²) >= 11 is 7.42. The van der Waals surface area contributed by atoms with Crippen molar-refractivity contribution in [3.63, 3.8) is 0 Å². The Hall–Kier alpha value is -3.10. The van der Waals surface area contributed by atoms with Crippen LogP contribution in [-0.4, -0.2) is 70.9 Å². The first kappa shape index (κ1) is 25.2. The number of hydrogen-bond acceptors (Lipinski definition) is 9. The summed E-state index contributed by atoms with van der Waals surface area (Å²) in [5.74, 6) is -0.885. The number of nitrogens with zero attached hydrogens (tertiary/aromatic N) is 4. The van der Waals surface area contributed by atoms with Gasteiger partial charge in [0.2, 0.25) is 15.9 Å². The summed E-state index contributed by atoms with van der Waals surface area (Å²) in [6.07, 6.45) is 0.824. The normalized spacial score (nSPS) is 18.6. The predicted molar refractivity (Wildman–Crippen MR) is 141 cm³/mol. The second-order valence-corrected chi connectivity index (χ2v) is 12.7. The number of amides is 1. The predicted octanol–water partition coefficient (Wildman–Crippen LogP) is 2.03. The Morgan fingerprint density at radius 2 is 2.00 bits per heavy atom. The molecule has 0 saturated carbocycles. The molecular weight excluding hydrogens is 552 g/mol. The highest BCUT2D eigenvalue weighted by atomic mass is 35.5. The van der Waals surface area contributed by atoms with Crippen LogP contribution >= 0.6 is 22.9 Å². The minimum absolute atomic E-state index is 0.00986. The van der Waals surface area contributed by atoms with Gasteiger partial charge in [0, 0.05) is 55.5 Å². The molecule has 0 bridgehead atoms. The van der Waals surface area contributed by atoms with Gasteiger partial charge in [-0.3, -0.25) is 4.79 Å². The van der Waals surface area contributed by atoms with E-state index in [0.717, 1.165) is 34.3 Å². The lowest BCUT2D eigenvalue weighted by Gasteiger charge is -2.40. The third-order valence-corrected chi connectivity index (χ3v) is 9.98. The number of piperazine rings is 1. The van der Waals surface area contributed by atoms with Crippen molar-refractivity contribution in [1.82, 2.24) is 29.7 Å². The maximum Gasteiger partial charge on any atom is 0.434 e. The zero-order valence-electron chi connectivity index (χ0n) is 20.0. The fourth-order valence-corrected chi connectivity index (χ4v) is 7.60. The van der Waals surface area contributed by atoms with E-state index in [1.807, 2.05) is 0 Å². The van der Waals surface area contributed by atoms with Gasteiger partial charge in [0.05, 0.1) is 16.6 Å². The third kappa shape index (κ3) is 4.76. The number of hydrogen-bond donors (Lipinski definition) is 2. The average Bonchev–Trinajstić information content (AvgIpc) is 3.53. The lowest BCUT2D eigenvalue weighted by molar-refractivity contribution is 0.0554. The number of thiazole rings is 1. The van der Waals surface area contributed by atoms with Crippen LogP contribution in [0.1, 0.15) is 26.3 Å². The van der Waals surface area contributed by atoms with Gasteiger partial charge in [-0.25, -0.2) is 23.3 Å². The number of carbonyl (C=O) groups is 1. The maximum atomic E-state index is 13.7. The van der Waals surface area contributed by atoms with Crippen molar-refractivity contribution in [2.24, 2.45) is 0 Å². The molecule has 1 atom stereocenters. The molecule has 4 heterocycles. The van der Waals surface area contributed by atoms with Crippen LogP contribution in [0.2, 0.25) is 5.02 Å².